The standard InChI is InChI=1S/C23H30N4O/c24-12-8-16-1-3-17(4-2-16)15-27-13-10-23(11-14-27)9-7-19-20(23)25-21(18-5-6-18)26-22(19)28/h1-4,18H,5-15,24H2,(H,25,26,28). The molecule has 0 radical (unpaired) electrons. The number of nitrogens with one attached hydrogen (secondary N) is 1. The number of rotatable bonds is 5. The number of hydrogen-bond donors (Lipinski definition) is 2. The van der Waals surface area contributed by atoms with Gasteiger partial charge in [-0.25, -0.2) is 4.98 Å². The molecule has 0 bridgehead atoms. The number of nitrogens with zero attached hydrogens (tertiary/aromatic N) is 2. The molecule has 1 spiro atoms. The Kier molecular flexibility index (Phi) is 4.60. The van der Waals surface area contributed by atoms with E-state index in [0.717, 1.165) is 68.8 Å². The molecule has 0 atom stereocenters. The lowest BCUT2D eigenvalue weighted by Crippen LogP contribution is -2.42. The molecule has 0 unspecified atom stereocenters. The van der Waals surface area contributed by atoms with Crippen molar-refractivity contribution in [2.45, 2.75) is 62.8 Å². The highest BCUT2D eigenvalue weighted by Gasteiger charge is 2.44. The first kappa shape index (κ1) is 18.1. The van der Waals surface area contributed by atoms with E-state index in [1.165, 1.54) is 24.0 Å². The number of benzene rings is 1. The summed E-state index contributed by atoms with van der Waals surface area (Å²) in [6, 6.07) is 8.89. The van der Waals surface area contributed by atoms with Crippen LogP contribution in [0.2, 0.25) is 0 Å². The van der Waals surface area contributed by atoms with Crippen molar-refractivity contribution in [1.82, 2.24) is 14.9 Å². The van der Waals surface area contributed by atoms with Crippen LogP contribution in [0.25, 0.3) is 0 Å². The third-order valence-electron chi connectivity index (χ3n) is 7.03. The van der Waals surface area contributed by atoms with Gasteiger partial charge in [0, 0.05) is 23.4 Å². The Labute approximate surface area is 166 Å². The number of aromatic nitrogens is 2. The highest BCUT2D eigenvalue weighted by molar-refractivity contribution is 5.34. The van der Waals surface area contributed by atoms with Crippen LogP contribution in [-0.2, 0) is 24.8 Å². The van der Waals surface area contributed by atoms with E-state index < -0.39 is 0 Å². The molecule has 2 heterocycles. The second-order valence-corrected chi connectivity index (χ2v) is 8.96. The van der Waals surface area contributed by atoms with Crippen molar-refractivity contribution in [3.05, 3.63) is 62.8 Å². The molecule has 1 aromatic carbocycles. The Balaban J connectivity index is 1.28. The predicted octanol–water partition coefficient (Wildman–Crippen LogP) is 2.63. The lowest BCUT2D eigenvalue weighted by atomic mass is 9.76. The molecule has 1 aromatic heterocycles. The van der Waals surface area contributed by atoms with Gasteiger partial charge in [-0.3, -0.25) is 9.69 Å². The summed E-state index contributed by atoms with van der Waals surface area (Å²) in [7, 11) is 0. The summed E-state index contributed by atoms with van der Waals surface area (Å²) in [6.07, 6.45) is 7.51. The minimum Gasteiger partial charge on any atom is -0.330 e. The van der Waals surface area contributed by atoms with Crippen LogP contribution in [0.15, 0.2) is 29.1 Å². The SMILES string of the molecule is NCCc1ccc(CN2CCC3(CCc4c3nc(C3CC3)[nH]c4=O)CC2)cc1. The molecule has 1 saturated heterocycles. The number of piperidine rings is 1. The Morgan fingerprint density at radius 3 is 2.50 bits per heavy atom. The molecule has 5 heteroatoms. The molecule has 5 nitrogen and oxygen atoms in total. The third kappa shape index (κ3) is 3.31. The maximum Gasteiger partial charge on any atom is 0.254 e. The van der Waals surface area contributed by atoms with E-state index in [2.05, 4.69) is 34.1 Å². The largest absolute Gasteiger partial charge is 0.330 e. The van der Waals surface area contributed by atoms with Crippen LogP contribution in [0, 0.1) is 0 Å². The van der Waals surface area contributed by atoms with Crippen molar-refractivity contribution in [3.8, 4) is 0 Å². The average Bonchev–Trinajstić information content (AvgIpc) is 3.50. The fourth-order valence-electron chi connectivity index (χ4n) is 5.08. The van der Waals surface area contributed by atoms with E-state index >= 15 is 0 Å². The maximum atomic E-state index is 12.6. The second-order valence-electron chi connectivity index (χ2n) is 8.96. The first-order chi connectivity index (χ1) is 13.7. The van der Waals surface area contributed by atoms with Crippen LogP contribution in [0.3, 0.4) is 0 Å². The highest BCUT2D eigenvalue weighted by atomic mass is 16.1. The molecule has 3 aliphatic rings. The molecule has 0 amide bonds. The van der Waals surface area contributed by atoms with Crippen molar-refractivity contribution in [1.29, 1.82) is 0 Å². The number of hydrogen-bond acceptors (Lipinski definition) is 4. The number of likely N-dealkylation sites (tertiary alicyclic amines) is 1. The number of aromatic amines is 1. The summed E-state index contributed by atoms with van der Waals surface area (Å²) in [6.45, 7) is 3.87. The van der Waals surface area contributed by atoms with E-state index in [-0.39, 0.29) is 11.0 Å². The van der Waals surface area contributed by atoms with Gasteiger partial charge in [0.25, 0.3) is 5.56 Å². The summed E-state index contributed by atoms with van der Waals surface area (Å²) in [5.74, 6) is 1.45. The number of fused-ring (bicyclic) bond motifs is 2. The van der Waals surface area contributed by atoms with Crippen molar-refractivity contribution in [2.24, 2.45) is 5.73 Å². The Bertz CT molecular complexity index is 905. The van der Waals surface area contributed by atoms with E-state index in [9.17, 15) is 4.79 Å². The van der Waals surface area contributed by atoms with Gasteiger partial charge in [0.1, 0.15) is 5.82 Å². The average molecular weight is 379 g/mol. The van der Waals surface area contributed by atoms with Crippen molar-refractivity contribution < 1.29 is 0 Å². The second kappa shape index (κ2) is 7.12. The molecular formula is C23H30N4O. The first-order valence-corrected chi connectivity index (χ1v) is 10.8. The van der Waals surface area contributed by atoms with E-state index in [0.29, 0.717) is 12.5 Å². The highest BCUT2D eigenvalue weighted by Crippen LogP contribution is 2.46. The van der Waals surface area contributed by atoms with Gasteiger partial charge in [0.2, 0.25) is 0 Å². The molecule has 28 heavy (non-hydrogen) atoms. The van der Waals surface area contributed by atoms with Crippen LogP contribution in [0.4, 0.5) is 0 Å². The monoisotopic (exact) mass is 378 g/mol. The van der Waals surface area contributed by atoms with Crippen LogP contribution < -0.4 is 11.3 Å². The number of H-pyrrole nitrogens is 1. The van der Waals surface area contributed by atoms with Crippen LogP contribution in [0.5, 0.6) is 0 Å². The molecule has 5 rings (SSSR count). The molecule has 3 N–H and O–H groups in total. The van der Waals surface area contributed by atoms with Gasteiger partial charge >= 0.3 is 0 Å². The first-order valence-electron chi connectivity index (χ1n) is 10.8. The van der Waals surface area contributed by atoms with Crippen molar-refractivity contribution in [2.75, 3.05) is 19.6 Å². The lowest BCUT2D eigenvalue weighted by molar-refractivity contribution is 0.150. The smallest absolute Gasteiger partial charge is 0.254 e. The molecule has 148 valence electrons. The van der Waals surface area contributed by atoms with Crippen molar-refractivity contribution in [3.63, 3.8) is 0 Å². The topological polar surface area (TPSA) is 75.0 Å². The van der Waals surface area contributed by atoms with Crippen LogP contribution in [-0.4, -0.2) is 34.5 Å². The predicted molar refractivity (Wildman–Crippen MR) is 111 cm³/mol. The van der Waals surface area contributed by atoms with Gasteiger partial charge < -0.3 is 10.7 Å². The Morgan fingerprint density at radius 1 is 1.11 bits per heavy atom. The zero-order chi connectivity index (χ0) is 19.1. The molecule has 2 aromatic rings. The van der Waals surface area contributed by atoms with Gasteiger partial charge in [-0.15, -0.1) is 0 Å². The zero-order valence-electron chi connectivity index (χ0n) is 16.5. The quantitative estimate of drug-likeness (QED) is 0.839. The molecule has 1 aliphatic heterocycles. The summed E-state index contributed by atoms with van der Waals surface area (Å²) >= 11 is 0. The normalized spacial score (nSPS) is 21.2. The maximum absolute atomic E-state index is 12.6. The van der Waals surface area contributed by atoms with Gasteiger partial charge in [0.05, 0.1) is 5.69 Å². The summed E-state index contributed by atoms with van der Waals surface area (Å²) in [4.78, 5) is 23.2. The fourth-order valence-corrected chi connectivity index (χ4v) is 5.08. The minimum absolute atomic E-state index is 0.128. The summed E-state index contributed by atoms with van der Waals surface area (Å²) in [5.41, 5.74) is 10.7. The zero-order valence-corrected chi connectivity index (χ0v) is 16.5. The van der Waals surface area contributed by atoms with Gasteiger partial charge in [0.15, 0.2) is 0 Å². The van der Waals surface area contributed by atoms with E-state index in [1.54, 1.807) is 0 Å². The van der Waals surface area contributed by atoms with Gasteiger partial charge in [-0.1, -0.05) is 24.3 Å². The fraction of sp³-hybridized carbons (Fsp3) is 0.565. The lowest BCUT2D eigenvalue weighted by Gasteiger charge is -2.39. The Hall–Kier alpha value is -1.98. The summed E-state index contributed by atoms with van der Waals surface area (Å²) < 4.78 is 0. The molecular weight excluding hydrogens is 348 g/mol. The van der Waals surface area contributed by atoms with E-state index in [4.69, 9.17) is 10.7 Å². The molecule has 2 fully saturated rings. The molecule has 1 saturated carbocycles. The van der Waals surface area contributed by atoms with Crippen molar-refractivity contribution >= 4 is 0 Å². The molecule has 2 aliphatic carbocycles. The number of nitrogens with two attached hydrogens (primary N) is 1. The van der Waals surface area contributed by atoms with Gasteiger partial charge in [-0.05, 0) is 75.7 Å². The third-order valence-corrected chi connectivity index (χ3v) is 7.03. The van der Waals surface area contributed by atoms with Crippen LogP contribution in [0.1, 0.15) is 66.2 Å². The van der Waals surface area contributed by atoms with E-state index in [1.807, 2.05) is 0 Å². The van der Waals surface area contributed by atoms with Crippen LogP contribution >= 0.6 is 0 Å². The Morgan fingerprint density at radius 2 is 1.82 bits per heavy atom. The minimum atomic E-state index is 0.128. The summed E-state index contributed by atoms with van der Waals surface area (Å²) in [5, 5.41) is 0. The van der Waals surface area contributed by atoms with Gasteiger partial charge in [-0.2, -0.15) is 0 Å².